The van der Waals surface area contributed by atoms with Gasteiger partial charge in [-0.3, -0.25) is 9.69 Å². The fourth-order valence-electron chi connectivity index (χ4n) is 4.16. The van der Waals surface area contributed by atoms with Gasteiger partial charge < -0.3 is 19.5 Å². The molecule has 1 aliphatic heterocycles. The minimum Gasteiger partial charge on any atom is -0.490 e. The van der Waals surface area contributed by atoms with Crippen LogP contribution in [-0.4, -0.2) is 60.3 Å². The van der Waals surface area contributed by atoms with Crippen LogP contribution in [0.15, 0.2) is 47.2 Å². The van der Waals surface area contributed by atoms with E-state index in [0.717, 1.165) is 47.0 Å². The quantitative estimate of drug-likeness (QED) is 0.350. The number of rotatable bonds is 10. The van der Waals surface area contributed by atoms with Crippen molar-refractivity contribution in [2.45, 2.75) is 26.7 Å². The highest BCUT2D eigenvalue weighted by molar-refractivity contribution is 9.10. The third kappa shape index (κ3) is 6.82. The zero-order chi connectivity index (χ0) is 24.6. The van der Waals surface area contributed by atoms with Crippen molar-refractivity contribution in [2.75, 3.05) is 44.8 Å². The van der Waals surface area contributed by atoms with Crippen LogP contribution in [0.25, 0.3) is 10.9 Å². The molecular weight excluding hydrogens is 512 g/mol. The van der Waals surface area contributed by atoms with Gasteiger partial charge in [0.25, 0.3) is 0 Å². The standard InChI is InChI=1S/C26H31BrN4O4/c1-3-33-23-13-21-22(28-17-29-26(21)30-20-7-5-6-19(27)12-20)14-24(23)35-16-18-8-10-31(11-9-18)15-25(32)34-4-2/h5-7,12-14,17-18H,3-4,8-11,15-16H2,1-2H3,(H,28,29,30). The number of likely N-dealkylation sites (tertiary alicyclic amines) is 1. The van der Waals surface area contributed by atoms with Gasteiger partial charge in [-0.25, -0.2) is 9.97 Å². The van der Waals surface area contributed by atoms with Gasteiger partial charge in [0.2, 0.25) is 0 Å². The van der Waals surface area contributed by atoms with Crippen molar-refractivity contribution in [3.8, 4) is 11.5 Å². The van der Waals surface area contributed by atoms with Crippen molar-refractivity contribution >= 4 is 44.3 Å². The van der Waals surface area contributed by atoms with Crippen LogP contribution in [0.4, 0.5) is 11.5 Å². The minimum atomic E-state index is -0.157. The summed E-state index contributed by atoms with van der Waals surface area (Å²) in [5.74, 6) is 2.31. The maximum absolute atomic E-state index is 11.7. The maximum Gasteiger partial charge on any atom is 0.320 e. The topological polar surface area (TPSA) is 85.8 Å². The highest BCUT2D eigenvalue weighted by Crippen LogP contribution is 2.36. The fraction of sp³-hybridized carbons (Fsp3) is 0.423. The summed E-state index contributed by atoms with van der Waals surface area (Å²) >= 11 is 3.50. The molecule has 8 nitrogen and oxygen atoms in total. The molecule has 1 aromatic heterocycles. The van der Waals surface area contributed by atoms with Crippen molar-refractivity contribution in [3.05, 3.63) is 47.2 Å². The summed E-state index contributed by atoms with van der Waals surface area (Å²) in [4.78, 5) is 22.8. The van der Waals surface area contributed by atoms with E-state index in [1.54, 1.807) is 6.33 Å². The lowest BCUT2D eigenvalue weighted by Crippen LogP contribution is -2.39. The van der Waals surface area contributed by atoms with Crippen molar-refractivity contribution in [1.29, 1.82) is 0 Å². The Morgan fingerprint density at radius 1 is 1.09 bits per heavy atom. The summed E-state index contributed by atoms with van der Waals surface area (Å²) in [6.07, 6.45) is 3.49. The zero-order valence-electron chi connectivity index (χ0n) is 20.1. The van der Waals surface area contributed by atoms with Gasteiger partial charge >= 0.3 is 5.97 Å². The summed E-state index contributed by atoms with van der Waals surface area (Å²) in [7, 11) is 0. The molecule has 4 rings (SSSR count). The number of esters is 1. The van der Waals surface area contributed by atoms with Gasteiger partial charge in [0, 0.05) is 21.6 Å². The first kappa shape index (κ1) is 25.2. The van der Waals surface area contributed by atoms with Crippen molar-refractivity contribution in [2.24, 2.45) is 5.92 Å². The summed E-state index contributed by atoms with van der Waals surface area (Å²) in [5.41, 5.74) is 1.70. The Labute approximate surface area is 214 Å². The van der Waals surface area contributed by atoms with Crippen LogP contribution in [0, 0.1) is 5.92 Å². The predicted octanol–water partition coefficient (Wildman–Crippen LogP) is 5.19. The molecule has 0 aliphatic carbocycles. The van der Waals surface area contributed by atoms with Gasteiger partial charge in [-0.1, -0.05) is 22.0 Å². The maximum atomic E-state index is 11.7. The van der Waals surface area contributed by atoms with E-state index < -0.39 is 0 Å². The SMILES string of the molecule is CCOC(=O)CN1CCC(COc2cc3ncnc(Nc4cccc(Br)c4)c3cc2OCC)CC1. The van der Waals surface area contributed by atoms with Crippen LogP contribution in [-0.2, 0) is 9.53 Å². The highest BCUT2D eigenvalue weighted by Gasteiger charge is 2.22. The molecule has 0 bridgehead atoms. The first-order valence-electron chi connectivity index (χ1n) is 12.0. The van der Waals surface area contributed by atoms with E-state index in [2.05, 4.69) is 36.1 Å². The van der Waals surface area contributed by atoms with E-state index in [1.807, 2.05) is 50.2 Å². The molecule has 0 saturated carbocycles. The molecule has 0 radical (unpaired) electrons. The number of hydrogen-bond acceptors (Lipinski definition) is 8. The van der Waals surface area contributed by atoms with Crippen molar-refractivity contribution in [1.82, 2.24) is 14.9 Å². The normalized spacial score (nSPS) is 14.6. The Kier molecular flexibility index (Phi) is 8.76. The monoisotopic (exact) mass is 542 g/mol. The molecule has 1 aliphatic rings. The van der Waals surface area contributed by atoms with E-state index in [-0.39, 0.29) is 5.97 Å². The summed E-state index contributed by atoms with van der Waals surface area (Å²) < 4.78 is 18.2. The van der Waals surface area contributed by atoms with Crippen LogP contribution >= 0.6 is 15.9 Å². The number of ether oxygens (including phenoxy) is 3. The molecular formula is C26H31BrN4O4. The predicted molar refractivity (Wildman–Crippen MR) is 139 cm³/mol. The Morgan fingerprint density at radius 3 is 2.63 bits per heavy atom. The number of piperidine rings is 1. The number of nitrogens with zero attached hydrogens (tertiary/aromatic N) is 3. The van der Waals surface area contributed by atoms with Crippen molar-refractivity contribution in [3.63, 3.8) is 0 Å². The molecule has 0 amide bonds. The van der Waals surface area contributed by atoms with E-state index in [0.29, 0.717) is 49.6 Å². The second-order valence-corrected chi connectivity index (χ2v) is 9.36. The number of carbonyl (C=O) groups excluding carboxylic acids is 1. The van der Waals surface area contributed by atoms with Gasteiger partial charge in [-0.15, -0.1) is 0 Å². The lowest BCUT2D eigenvalue weighted by atomic mass is 9.98. The van der Waals surface area contributed by atoms with Gasteiger partial charge in [0.05, 0.1) is 31.9 Å². The van der Waals surface area contributed by atoms with Crippen LogP contribution in [0.5, 0.6) is 11.5 Å². The number of nitrogens with one attached hydrogen (secondary N) is 1. The molecule has 3 aromatic rings. The molecule has 9 heteroatoms. The molecule has 0 unspecified atom stereocenters. The minimum absolute atomic E-state index is 0.157. The van der Waals surface area contributed by atoms with E-state index in [1.165, 1.54) is 0 Å². The van der Waals surface area contributed by atoms with Crippen LogP contribution in [0.2, 0.25) is 0 Å². The summed E-state index contributed by atoms with van der Waals surface area (Å²) in [6.45, 7) is 7.40. The Hall–Kier alpha value is -2.91. The van der Waals surface area contributed by atoms with Crippen LogP contribution < -0.4 is 14.8 Å². The van der Waals surface area contributed by atoms with Crippen LogP contribution in [0.3, 0.4) is 0 Å². The van der Waals surface area contributed by atoms with Crippen molar-refractivity contribution < 1.29 is 19.0 Å². The molecule has 2 aromatic carbocycles. The smallest absolute Gasteiger partial charge is 0.320 e. The zero-order valence-corrected chi connectivity index (χ0v) is 21.7. The van der Waals surface area contributed by atoms with Crippen LogP contribution in [0.1, 0.15) is 26.7 Å². The number of aromatic nitrogens is 2. The van der Waals surface area contributed by atoms with Gasteiger partial charge in [-0.2, -0.15) is 0 Å². The third-order valence-corrected chi connectivity index (χ3v) is 6.42. The second-order valence-electron chi connectivity index (χ2n) is 8.44. The average molecular weight is 543 g/mol. The first-order valence-corrected chi connectivity index (χ1v) is 12.8. The molecule has 1 N–H and O–H groups in total. The van der Waals surface area contributed by atoms with Gasteiger partial charge in [-0.05, 0) is 70.0 Å². The molecule has 35 heavy (non-hydrogen) atoms. The number of hydrogen-bond donors (Lipinski definition) is 1. The Morgan fingerprint density at radius 2 is 1.89 bits per heavy atom. The summed E-state index contributed by atoms with van der Waals surface area (Å²) in [5, 5.41) is 4.23. The molecule has 2 heterocycles. The van der Waals surface area contributed by atoms with Gasteiger partial charge in [0.15, 0.2) is 11.5 Å². The fourth-order valence-corrected chi connectivity index (χ4v) is 4.55. The lowest BCUT2D eigenvalue weighted by molar-refractivity contribution is -0.144. The third-order valence-electron chi connectivity index (χ3n) is 5.93. The molecule has 1 saturated heterocycles. The molecule has 0 atom stereocenters. The first-order chi connectivity index (χ1) is 17.1. The molecule has 1 fully saturated rings. The Bertz CT molecular complexity index is 1150. The number of carbonyl (C=O) groups is 1. The number of anilines is 2. The lowest BCUT2D eigenvalue weighted by Gasteiger charge is -2.31. The second kappa shape index (κ2) is 12.2. The largest absolute Gasteiger partial charge is 0.490 e. The Balaban J connectivity index is 1.44. The summed E-state index contributed by atoms with van der Waals surface area (Å²) in [6, 6.07) is 11.8. The number of halogens is 1. The molecule has 186 valence electrons. The molecule has 0 spiro atoms. The van der Waals surface area contributed by atoms with E-state index in [4.69, 9.17) is 14.2 Å². The number of fused-ring (bicyclic) bond motifs is 1. The van der Waals surface area contributed by atoms with Gasteiger partial charge in [0.1, 0.15) is 12.1 Å². The highest BCUT2D eigenvalue weighted by atomic mass is 79.9. The van der Waals surface area contributed by atoms with E-state index >= 15 is 0 Å². The number of benzene rings is 2. The average Bonchev–Trinajstić information content (AvgIpc) is 2.84. The van der Waals surface area contributed by atoms with E-state index in [9.17, 15) is 4.79 Å².